The number of hydrogen-bond donors (Lipinski definition) is 0. The minimum absolute atomic E-state index is 0.00987. The Morgan fingerprint density at radius 2 is 1.48 bits per heavy atom. The monoisotopic (exact) mass is 456 g/mol. The van der Waals surface area contributed by atoms with Crippen LogP contribution >= 0.6 is 0 Å². The Hall–Kier alpha value is -2.30. The van der Waals surface area contributed by atoms with Crippen molar-refractivity contribution in [1.29, 1.82) is 0 Å². The van der Waals surface area contributed by atoms with Crippen LogP contribution < -0.4 is 9.47 Å². The molecule has 2 aliphatic carbocycles. The molecule has 1 aromatic rings. The van der Waals surface area contributed by atoms with Crippen molar-refractivity contribution in [2.75, 3.05) is 6.61 Å². The van der Waals surface area contributed by atoms with Gasteiger partial charge in [0.15, 0.2) is 0 Å². The first-order valence-corrected chi connectivity index (χ1v) is 12.9. The van der Waals surface area contributed by atoms with Crippen molar-refractivity contribution in [3.63, 3.8) is 0 Å². The van der Waals surface area contributed by atoms with E-state index in [1.807, 2.05) is 31.2 Å². The van der Waals surface area contributed by atoms with Crippen LogP contribution in [0.4, 0.5) is 0 Å². The van der Waals surface area contributed by atoms with E-state index in [4.69, 9.17) is 14.2 Å². The number of carbonyl (C=O) groups is 2. The van der Waals surface area contributed by atoms with E-state index in [1.54, 1.807) is 6.08 Å². The van der Waals surface area contributed by atoms with E-state index in [9.17, 15) is 9.59 Å². The zero-order chi connectivity index (χ0) is 23.5. The van der Waals surface area contributed by atoms with Crippen molar-refractivity contribution >= 4 is 11.9 Å². The SMILES string of the molecule is CC=CC(=O)OC1CCC(C2CCC(C(=O)Oc3ccc(OCCCCC)cc3)CC2)CC1. The summed E-state index contributed by atoms with van der Waals surface area (Å²) in [5, 5.41) is 0. The van der Waals surface area contributed by atoms with Crippen LogP contribution in [-0.4, -0.2) is 24.6 Å². The van der Waals surface area contributed by atoms with Crippen LogP contribution in [0.25, 0.3) is 0 Å². The molecule has 1 aromatic carbocycles. The topological polar surface area (TPSA) is 61.8 Å². The summed E-state index contributed by atoms with van der Waals surface area (Å²) >= 11 is 0. The smallest absolute Gasteiger partial charge is 0.330 e. The van der Waals surface area contributed by atoms with Crippen molar-refractivity contribution in [1.82, 2.24) is 0 Å². The Labute approximate surface area is 198 Å². The summed E-state index contributed by atoms with van der Waals surface area (Å²) in [7, 11) is 0. The lowest BCUT2D eigenvalue weighted by atomic mass is 9.70. The fraction of sp³-hybridized carbons (Fsp3) is 0.643. The average Bonchev–Trinajstić information content (AvgIpc) is 2.83. The fourth-order valence-electron chi connectivity index (χ4n) is 5.19. The minimum Gasteiger partial charge on any atom is -0.494 e. The Bertz CT molecular complexity index is 753. The summed E-state index contributed by atoms with van der Waals surface area (Å²) in [6.07, 6.45) is 14.8. The molecule has 33 heavy (non-hydrogen) atoms. The quantitative estimate of drug-likeness (QED) is 0.171. The molecule has 2 saturated carbocycles. The van der Waals surface area contributed by atoms with Crippen LogP contribution in [0.15, 0.2) is 36.4 Å². The van der Waals surface area contributed by atoms with Gasteiger partial charge in [0.1, 0.15) is 17.6 Å². The molecule has 0 aromatic heterocycles. The first-order valence-electron chi connectivity index (χ1n) is 12.9. The molecule has 2 aliphatic rings. The lowest BCUT2D eigenvalue weighted by Crippen LogP contribution is -2.31. The molecule has 0 heterocycles. The molecule has 5 nitrogen and oxygen atoms in total. The molecule has 0 radical (unpaired) electrons. The number of rotatable bonds is 10. The third-order valence-corrected chi connectivity index (χ3v) is 7.14. The molecular formula is C28H40O5. The van der Waals surface area contributed by atoms with Crippen LogP contribution in [0.5, 0.6) is 11.5 Å². The molecule has 0 saturated heterocycles. The number of benzene rings is 1. The number of hydrogen-bond acceptors (Lipinski definition) is 5. The van der Waals surface area contributed by atoms with Gasteiger partial charge in [0.2, 0.25) is 0 Å². The minimum atomic E-state index is -0.228. The molecule has 0 amide bonds. The van der Waals surface area contributed by atoms with E-state index in [0.717, 1.165) is 70.1 Å². The standard InChI is InChI=1S/C28H40O5/c1-3-5-6-20-31-24-16-18-26(19-17-24)33-28(30)23-10-8-21(9-11-23)22-12-14-25(15-13-22)32-27(29)7-4-2/h4,7,16-19,21-23,25H,3,5-6,8-15,20H2,1-2H3. The molecule has 3 rings (SSSR count). The highest BCUT2D eigenvalue weighted by atomic mass is 16.5. The summed E-state index contributed by atoms with van der Waals surface area (Å²) in [5.74, 6) is 2.42. The van der Waals surface area contributed by atoms with E-state index >= 15 is 0 Å². The molecule has 0 spiro atoms. The highest BCUT2D eigenvalue weighted by Gasteiger charge is 2.34. The second-order valence-electron chi connectivity index (χ2n) is 9.53. The van der Waals surface area contributed by atoms with Crippen molar-refractivity contribution in [3.8, 4) is 11.5 Å². The van der Waals surface area contributed by atoms with Gasteiger partial charge in [0, 0.05) is 6.08 Å². The van der Waals surface area contributed by atoms with Gasteiger partial charge in [0.25, 0.3) is 0 Å². The Morgan fingerprint density at radius 3 is 2.09 bits per heavy atom. The molecule has 0 N–H and O–H groups in total. The van der Waals surface area contributed by atoms with Crippen molar-refractivity contribution in [3.05, 3.63) is 36.4 Å². The van der Waals surface area contributed by atoms with E-state index < -0.39 is 0 Å². The van der Waals surface area contributed by atoms with Gasteiger partial charge in [-0.1, -0.05) is 25.8 Å². The van der Waals surface area contributed by atoms with Crippen LogP contribution in [0.3, 0.4) is 0 Å². The first-order chi connectivity index (χ1) is 16.1. The van der Waals surface area contributed by atoms with E-state index in [2.05, 4.69) is 6.92 Å². The molecule has 0 unspecified atom stereocenters. The van der Waals surface area contributed by atoms with Gasteiger partial charge in [-0.25, -0.2) is 4.79 Å². The van der Waals surface area contributed by atoms with E-state index in [-0.39, 0.29) is 24.0 Å². The predicted octanol–water partition coefficient (Wildman–Crippen LogP) is 6.65. The zero-order valence-electron chi connectivity index (χ0n) is 20.3. The second-order valence-corrected chi connectivity index (χ2v) is 9.53. The maximum absolute atomic E-state index is 12.7. The summed E-state index contributed by atoms with van der Waals surface area (Å²) < 4.78 is 16.9. The van der Waals surface area contributed by atoms with Crippen molar-refractivity contribution in [2.45, 2.75) is 90.6 Å². The maximum atomic E-state index is 12.7. The van der Waals surface area contributed by atoms with Gasteiger partial charge in [-0.2, -0.15) is 0 Å². The molecule has 0 bridgehead atoms. The highest BCUT2D eigenvalue weighted by Crippen LogP contribution is 2.41. The zero-order valence-corrected chi connectivity index (χ0v) is 20.3. The predicted molar refractivity (Wildman–Crippen MR) is 129 cm³/mol. The van der Waals surface area contributed by atoms with Gasteiger partial charge in [-0.05, 0) is 101 Å². The lowest BCUT2D eigenvalue weighted by Gasteiger charge is -2.37. The van der Waals surface area contributed by atoms with Crippen LogP contribution in [0.2, 0.25) is 0 Å². The van der Waals surface area contributed by atoms with Gasteiger partial charge in [-0.15, -0.1) is 0 Å². The van der Waals surface area contributed by atoms with Crippen molar-refractivity contribution in [2.24, 2.45) is 17.8 Å². The number of allylic oxidation sites excluding steroid dienone is 1. The van der Waals surface area contributed by atoms with Crippen LogP contribution in [0, 0.1) is 17.8 Å². The van der Waals surface area contributed by atoms with E-state index in [1.165, 1.54) is 18.9 Å². The molecule has 2 fully saturated rings. The highest BCUT2D eigenvalue weighted by molar-refractivity contribution is 5.81. The number of carbonyl (C=O) groups excluding carboxylic acids is 2. The normalized spacial score (nSPS) is 25.5. The maximum Gasteiger partial charge on any atom is 0.330 e. The Balaban J connectivity index is 1.36. The second kappa shape index (κ2) is 13.4. The molecule has 5 heteroatoms. The molecular weight excluding hydrogens is 416 g/mol. The lowest BCUT2D eigenvalue weighted by molar-refractivity contribution is -0.145. The summed E-state index contributed by atoms with van der Waals surface area (Å²) in [5.41, 5.74) is 0. The third kappa shape index (κ3) is 8.21. The van der Waals surface area contributed by atoms with Crippen LogP contribution in [-0.2, 0) is 14.3 Å². The largest absolute Gasteiger partial charge is 0.494 e. The number of esters is 2. The summed E-state index contributed by atoms with van der Waals surface area (Å²) in [4.78, 5) is 24.3. The van der Waals surface area contributed by atoms with Crippen LogP contribution in [0.1, 0.15) is 84.5 Å². The summed E-state index contributed by atoms with van der Waals surface area (Å²) in [6.45, 7) is 4.72. The molecule has 0 aliphatic heterocycles. The third-order valence-electron chi connectivity index (χ3n) is 7.14. The van der Waals surface area contributed by atoms with Crippen molar-refractivity contribution < 1.29 is 23.8 Å². The first kappa shape index (κ1) is 25.3. The Kier molecular flexibility index (Phi) is 10.3. The van der Waals surface area contributed by atoms with E-state index in [0.29, 0.717) is 17.6 Å². The number of ether oxygens (including phenoxy) is 3. The molecule has 0 atom stereocenters. The van der Waals surface area contributed by atoms with Gasteiger partial charge in [0.05, 0.1) is 12.5 Å². The van der Waals surface area contributed by atoms with Gasteiger partial charge >= 0.3 is 11.9 Å². The summed E-state index contributed by atoms with van der Waals surface area (Å²) in [6, 6.07) is 7.38. The van der Waals surface area contributed by atoms with Gasteiger partial charge in [-0.3, -0.25) is 4.79 Å². The Morgan fingerprint density at radius 1 is 0.879 bits per heavy atom. The molecule has 182 valence electrons. The van der Waals surface area contributed by atoms with Gasteiger partial charge < -0.3 is 14.2 Å². The number of unbranched alkanes of at least 4 members (excludes halogenated alkanes) is 2. The fourth-order valence-corrected chi connectivity index (χ4v) is 5.19. The average molecular weight is 457 g/mol.